The lowest BCUT2D eigenvalue weighted by molar-refractivity contribution is -0.121. The molecule has 2 aromatic rings. The third-order valence-electron chi connectivity index (χ3n) is 3.91. The molecule has 3 rings (SSSR count). The topological polar surface area (TPSA) is 74.3 Å². The predicted octanol–water partition coefficient (Wildman–Crippen LogP) is 4.33. The lowest BCUT2D eigenvalue weighted by Gasteiger charge is -2.31. The maximum atomic E-state index is 12.4. The van der Waals surface area contributed by atoms with Crippen LogP contribution < -0.4 is 10.6 Å². The molecule has 3 amide bonds. The Labute approximate surface area is 159 Å². The summed E-state index contributed by atoms with van der Waals surface area (Å²) in [5.74, 6) is -0.362. The van der Waals surface area contributed by atoms with Crippen molar-refractivity contribution in [2.45, 2.75) is 12.8 Å². The van der Waals surface area contributed by atoms with Gasteiger partial charge in [-0.05, 0) is 31.0 Å². The molecule has 0 saturated carbocycles. The number of benzene rings is 1. The molecule has 1 atom stereocenters. The van der Waals surface area contributed by atoms with Gasteiger partial charge in [-0.15, -0.1) is 11.3 Å². The standard InChI is InChI=1S/C16H16Cl2N4O2S/c17-12-4-3-11(8-13(12)18)20-16(24)22-6-1-2-10(9-22)14(23)21-15-19-5-7-25-15/h3-5,7-8,10H,1-2,6,9H2,(H,20,24)(H,19,21,23). The van der Waals surface area contributed by atoms with Gasteiger partial charge in [0.2, 0.25) is 5.91 Å². The van der Waals surface area contributed by atoms with Crippen LogP contribution in [0.5, 0.6) is 0 Å². The van der Waals surface area contributed by atoms with Crippen molar-refractivity contribution in [2.24, 2.45) is 5.92 Å². The van der Waals surface area contributed by atoms with E-state index >= 15 is 0 Å². The van der Waals surface area contributed by atoms with Crippen LogP contribution in [0.15, 0.2) is 29.8 Å². The SMILES string of the molecule is O=C(Nc1nccs1)C1CCCN(C(=O)Nc2ccc(Cl)c(Cl)c2)C1. The smallest absolute Gasteiger partial charge is 0.321 e. The van der Waals surface area contributed by atoms with Gasteiger partial charge < -0.3 is 15.5 Å². The van der Waals surface area contributed by atoms with Crippen molar-refractivity contribution in [2.75, 3.05) is 23.7 Å². The maximum Gasteiger partial charge on any atom is 0.321 e. The fraction of sp³-hybridized carbons (Fsp3) is 0.312. The molecule has 2 N–H and O–H groups in total. The Hall–Kier alpha value is -1.83. The number of anilines is 2. The number of carbonyl (C=O) groups is 2. The molecule has 132 valence electrons. The minimum atomic E-state index is -0.259. The summed E-state index contributed by atoms with van der Waals surface area (Å²) in [5, 5.41) is 8.75. The predicted molar refractivity (Wildman–Crippen MR) is 101 cm³/mol. The number of likely N-dealkylation sites (tertiary alicyclic amines) is 1. The monoisotopic (exact) mass is 398 g/mol. The van der Waals surface area contributed by atoms with Gasteiger partial charge in [0.25, 0.3) is 0 Å². The first-order valence-electron chi connectivity index (χ1n) is 7.74. The number of amides is 3. The van der Waals surface area contributed by atoms with Crippen LogP contribution in [0.1, 0.15) is 12.8 Å². The number of hydrogen-bond acceptors (Lipinski definition) is 4. The van der Waals surface area contributed by atoms with Crippen LogP contribution in [-0.2, 0) is 4.79 Å². The summed E-state index contributed by atoms with van der Waals surface area (Å²) >= 11 is 13.2. The summed E-state index contributed by atoms with van der Waals surface area (Å²) in [4.78, 5) is 30.5. The van der Waals surface area contributed by atoms with Gasteiger partial charge in [-0.1, -0.05) is 23.2 Å². The normalized spacial score (nSPS) is 17.2. The van der Waals surface area contributed by atoms with E-state index in [2.05, 4.69) is 15.6 Å². The summed E-state index contributed by atoms with van der Waals surface area (Å²) in [6.45, 7) is 0.971. The highest BCUT2D eigenvalue weighted by Gasteiger charge is 2.28. The van der Waals surface area contributed by atoms with E-state index in [1.165, 1.54) is 11.3 Å². The Kier molecular flexibility index (Phi) is 5.78. The van der Waals surface area contributed by atoms with Crippen LogP contribution in [0.4, 0.5) is 15.6 Å². The molecule has 2 heterocycles. The molecule has 1 aromatic heterocycles. The van der Waals surface area contributed by atoms with Crippen LogP contribution in [0, 0.1) is 5.92 Å². The average molecular weight is 399 g/mol. The van der Waals surface area contributed by atoms with Gasteiger partial charge in [0.15, 0.2) is 5.13 Å². The number of hydrogen-bond donors (Lipinski definition) is 2. The van der Waals surface area contributed by atoms with Gasteiger partial charge >= 0.3 is 6.03 Å². The van der Waals surface area contributed by atoms with Crippen molar-refractivity contribution in [1.82, 2.24) is 9.88 Å². The van der Waals surface area contributed by atoms with Gasteiger partial charge in [0.05, 0.1) is 16.0 Å². The number of rotatable bonds is 3. The fourth-order valence-corrected chi connectivity index (χ4v) is 3.47. The molecular weight excluding hydrogens is 383 g/mol. The Bertz CT molecular complexity index is 770. The van der Waals surface area contributed by atoms with Gasteiger partial charge in [0, 0.05) is 30.4 Å². The molecule has 25 heavy (non-hydrogen) atoms. The summed E-state index contributed by atoms with van der Waals surface area (Å²) in [6, 6.07) is 4.64. The van der Waals surface area contributed by atoms with Gasteiger partial charge in [-0.25, -0.2) is 9.78 Å². The van der Waals surface area contributed by atoms with E-state index in [1.807, 2.05) is 0 Å². The van der Waals surface area contributed by atoms with Gasteiger partial charge in [0.1, 0.15) is 0 Å². The van der Waals surface area contributed by atoms with Crippen molar-refractivity contribution in [1.29, 1.82) is 0 Å². The highest BCUT2D eigenvalue weighted by atomic mass is 35.5. The number of thiazole rings is 1. The van der Waals surface area contributed by atoms with Crippen LogP contribution in [0.3, 0.4) is 0 Å². The van der Waals surface area contributed by atoms with Crippen molar-refractivity contribution < 1.29 is 9.59 Å². The minimum absolute atomic E-state index is 0.109. The summed E-state index contributed by atoms with van der Waals surface area (Å²) in [7, 11) is 0. The molecule has 1 fully saturated rings. The van der Waals surface area contributed by atoms with E-state index < -0.39 is 0 Å². The lowest BCUT2D eigenvalue weighted by atomic mass is 9.97. The molecule has 1 aliphatic rings. The lowest BCUT2D eigenvalue weighted by Crippen LogP contribution is -2.45. The molecule has 0 aliphatic carbocycles. The number of nitrogens with zero attached hydrogens (tertiary/aromatic N) is 2. The Morgan fingerprint density at radius 1 is 1.24 bits per heavy atom. The van der Waals surface area contributed by atoms with Crippen LogP contribution in [0.2, 0.25) is 10.0 Å². The van der Waals surface area contributed by atoms with E-state index in [1.54, 1.807) is 34.7 Å². The van der Waals surface area contributed by atoms with Gasteiger partial charge in [-0.3, -0.25) is 4.79 Å². The first-order chi connectivity index (χ1) is 12.0. The second-order valence-corrected chi connectivity index (χ2v) is 7.38. The molecule has 1 aromatic carbocycles. The molecule has 9 heteroatoms. The number of piperidine rings is 1. The average Bonchev–Trinajstić information content (AvgIpc) is 3.11. The summed E-state index contributed by atoms with van der Waals surface area (Å²) < 4.78 is 0. The third-order valence-corrected chi connectivity index (χ3v) is 5.34. The Morgan fingerprint density at radius 3 is 2.80 bits per heavy atom. The van der Waals surface area contributed by atoms with Gasteiger partial charge in [-0.2, -0.15) is 0 Å². The second-order valence-electron chi connectivity index (χ2n) is 5.67. The maximum absolute atomic E-state index is 12.4. The number of halogens is 2. The number of aromatic nitrogens is 1. The summed E-state index contributed by atoms with van der Waals surface area (Å²) in [5.41, 5.74) is 0.564. The first kappa shape index (κ1) is 18.0. The van der Waals surface area contributed by atoms with Crippen molar-refractivity contribution in [3.05, 3.63) is 39.8 Å². The van der Waals surface area contributed by atoms with Crippen molar-refractivity contribution in [3.8, 4) is 0 Å². The largest absolute Gasteiger partial charge is 0.324 e. The van der Waals surface area contributed by atoms with Crippen LogP contribution in [-0.4, -0.2) is 34.9 Å². The van der Waals surface area contributed by atoms with E-state index in [0.29, 0.717) is 34.0 Å². The Balaban J connectivity index is 1.59. The minimum Gasteiger partial charge on any atom is -0.324 e. The highest BCUT2D eigenvalue weighted by Crippen LogP contribution is 2.26. The first-order valence-corrected chi connectivity index (χ1v) is 9.38. The highest BCUT2D eigenvalue weighted by molar-refractivity contribution is 7.13. The zero-order valence-corrected chi connectivity index (χ0v) is 15.5. The number of carbonyl (C=O) groups excluding carboxylic acids is 2. The molecule has 1 aliphatic heterocycles. The quantitative estimate of drug-likeness (QED) is 0.807. The molecule has 0 spiro atoms. The molecule has 0 bridgehead atoms. The van der Waals surface area contributed by atoms with E-state index in [4.69, 9.17) is 23.2 Å². The second kappa shape index (κ2) is 8.03. The zero-order chi connectivity index (χ0) is 17.8. The molecule has 1 saturated heterocycles. The Morgan fingerprint density at radius 2 is 2.08 bits per heavy atom. The van der Waals surface area contributed by atoms with E-state index in [9.17, 15) is 9.59 Å². The number of nitrogens with one attached hydrogen (secondary N) is 2. The molecular formula is C16H16Cl2N4O2S. The summed E-state index contributed by atoms with van der Waals surface area (Å²) in [6.07, 6.45) is 3.15. The van der Waals surface area contributed by atoms with Crippen molar-refractivity contribution in [3.63, 3.8) is 0 Å². The van der Waals surface area contributed by atoms with E-state index in [-0.39, 0.29) is 17.9 Å². The van der Waals surface area contributed by atoms with Crippen LogP contribution >= 0.6 is 34.5 Å². The van der Waals surface area contributed by atoms with Crippen LogP contribution in [0.25, 0.3) is 0 Å². The third kappa shape index (κ3) is 4.62. The van der Waals surface area contributed by atoms with Crippen molar-refractivity contribution >= 4 is 57.3 Å². The molecule has 1 unspecified atom stereocenters. The fourth-order valence-electron chi connectivity index (χ4n) is 2.64. The number of urea groups is 1. The van der Waals surface area contributed by atoms with E-state index in [0.717, 1.165) is 12.8 Å². The molecule has 0 radical (unpaired) electrons. The zero-order valence-electron chi connectivity index (χ0n) is 13.2. The molecule has 6 nitrogen and oxygen atoms in total.